The van der Waals surface area contributed by atoms with Gasteiger partial charge in [-0.2, -0.15) is 0 Å². The summed E-state index contributed by atoms with van der Waals surface area (Å²) in [5, 5.41) is 13.5. The minimum atomic E-state index is -1.26. The molecule has 1 fully saturated rings. The van der Waals surface area contributed by atoms with Gasteiger partial charge in [0.15, 0.2) is 11.6 Å². The SMILES string of the molecule is CO[C@H]1CC(=O)[C@@]23C(=O)N[C@@H](CC(C)C)[C@@H]2[C@@H](C)C(C)=C[C@H]3C=C(C)CC[C@@H](O)C1=O. The van der Waals surface area contributed by atoms with E-state index in [4.69, 9.17) is 4.74 Å². The molecule has 1 heterocycles. The van der Waals surface area contributed by atoms with Gasteiger partial charge in [-0.3, -0.25) is 14.4 Å². The number of ether oxygens (including phenoxy) is 1. The number of aliphatic hydroxyl groups is 1. The molecule has 0 aromatic carbocycles. The lowest BCUT2D eigenvalue weighted by atomic mass is 9.54. The fourth-order valence-electron chi connectivity index (χ4n) is 5.95. The third kappa shape index (κ3) is 4.05. The fourth-order valence-corrected chi connectivity index (χ4v) is 5.95. The van der Waals surface area contributed by atoms with Gasteiger partial charge in [0.05, 0.1) is 0 Å². The molecule has 2 aliphatic carbocycles. The smallest absolute Gasteiger partial charge is 0.235 e. The molecule has 0 bridgehead atoms. The molecule has 0 unspecified atom stereocenters. The molecule has 7 atom stereocenters. The molecule has 6 nitrogen and oxygen atoms in total. The lowest BCUT2D eigenvalue weighted by Crippen LogP contribution is -2.53. The summed E-state index contributed by atoms with van der Waals surface area (Å²) in [6.45, 7) is 10.4. The summed E-state index contributed by atoms with van der Waals surface area (Å²) in [4.78, 5) is 40.4. The Kier molecular flexibility index (Phi) is 6.92. The first-order valence-electron chi connectivity index (χ1n) is 11.5. The summed E-state index contributed by atoms with van der Waals surface area (Å²) in [5.41, 5.74) is 0.894. The Balaban J connectivity index is 2.20. The van der Waals surface area contributed by atoms with Crippen LogP contribution in [0.25, 0.3) is 0 Å². The van der Waals surface area contributed by atoms with E-state index in [1.54, 1.807) is 0 Å². The van der Waals surface area contributed by atoms with Crippen LogP contribution in [0.15, 0.2) is 23.3 Å². The van der Waals surface area contributed by atoms with Crippen molar-refractivity contribution in [3.63, 3.8) is 0 Å². The number of nitrogens with one attached hydrogen (secondary N) is 1. The van der Waals surface area contributed by atoms with Crippen molar-refractivity contribution in [3.8, 4) is 0 Å². The van der Waals surface area contributed by atoms with Crippen LogP contribution in [0.1, 0.15) is 60.3 Å². The number of Topliss-reactive ketones (excluding diaryl/α,β-unsaturated/α-hetero) is 2. The van der Waals surface area contributed by atoms with E-state index in [1.807, 2.05) is 13.0 Å². The quantitative estimate of drug-likeness (QED) is 0.529. The highest BCUT2D eigenvalue weighted by Gasteiger charge is 2.65. The van der Waals surface area contributed by atoms with Crippen LogP contribution in [-0.4, -0.2) is 47.9 Å². The number of methoxy groups -OCH3 is 1. The van der Waals surface area contributed by atoms with Crippen LogP contribution >= 0.6 is 0 Å². The molecule has 2 N–H and O–H groups in total. The molecule has 0 aromatic heterocycles. The molecular formula is C25H37NO5. The standard InChI is InChI=1S/C25H37NO5/c1-13(2)9-18-22-16(5)15(4)11-17-10-14(3)7-8-19(27)23(29)20(31-6)12-21(28)25(17,22)24(30)26-18/h10-11,13,16-20,22,27H,7-9,12H2,1-6H3,(H,26,30)/t16-,17+,18-,19+,20-,22-,25+/m0/s1. The zero-order valence-corrected chi connectivity index (χ0v) is 19.6. The van der Waals surface area contributed by atoms with Crippen molar-refractivity contribution in [2.24, 2.45) is 29.1 Å². The number of hydrogen-bond acceptors (Lipinski definition) is 5. The van der Waals surface area contributed by atoms with Crippen LogP contribution in [-0.2, 0) is 19.1 Å². The van der Waals surface area contributed by atoms with Gasteiger partial charge in [0, 0.05) is 31.4 Å². The maximum atomic E-state index is 14.0. The molecule has 0 aromatic rings. The lowest BCUT2D eigenvalue weighted by Gasteiger charge is -2.45. The first-order chi connectivity index (χ1) is 14.5. The van der Waals surface area contributed by atoms with Crippen molar-refractivity contribution in [3.05, 3.63) is 23.3 Å². The maximum absolute atomic E-state index is 14.0. The molecule has 1 saturated heterocycles. The van der Waals surface area contributed by atoms with Gasteiger partial charge in [-0.15, -0.1) is 0 Å². The number of rotatable bonds is 3. The van der Waals surface area contributed by atoms with Crippen LogP contribution in [0.5, 0.6) is 0 Å². The molecule has 1 amide bonds. The topological polar surface area (TPSA) is 92.7 Å². The molecule has 1 aliphatic heterocycles. The Labute approximate surface area is 185 Å². The van der Waals surface area contributed by atoms with Crippen LogP contribution in [0.3, 0.4) is 0 Å². The van der Waals surface area contributed by atoms with Crippen molar-refractivity contribution >= 4 is 17.5 Å². The molecule has 3 rings (SSSR count). The van der Waals surface area contributed by atoms with Gasteiger partial charge in [0.2, 0.25) is 5.91 Å². The first-order valence-corrected chi connectivity index (χ1v) is 11.5. The van der Waals surface area contributed by atoms with E-state index < -0.39 is 23.4 Å². The highest BCUT2D eigenvalue weighted by atomic mass is 16.5. The summed E-state index contributed by atoms with van der Waals surface area (Å²) in [6, 6.07) is -0.0984. The predicted molar refractivity (Wildman–Crippen MR) is 118 cm³/mol. The van der Waals surface area contributed by atoms with Gasteiger partial charge in [0.1, 0.15) is 17.6 Å². The molecule has 172 valence electrons. The summed E-state index contributed by atoms with van der Waals surface area (Å²) in [6.07, 6.45) is 3.25. The predicted octanol–water partition coefficient (Wildman–Crippen LogP) is 2.99. The third-order valence-corrected chi connectivity index (χ3v) is 7.64. The molecule has 6 heteroatoms. The summed E-state index contributed by atoms with van der Waals surface area (Å²) < 4.78 is 5.35. The second kappa shape index (κ2) is 8.99. The molecule has 1 spiro atoms. The second-order valence-corrected chi connectivity index (χ2v) is 10.2. The van der Waals surface area contributed by atoms with Crippen molar-refractivity contribution in [2.45, 2.75) is 78.6 Å². The molecule has 0 radical (unpaired) electrons. The van der Waals surface area contributed by atoms with Crippen molar-refractivity contribution in [2.75, 3.05) is 7.11 Å². The minimum Gasteiger partial charge on any atom is -0.385 e. The van der Waals surface area contributed by atoms with E-state index in [2.05, 4.69) is 39.1 Å². The van der Waals surface area contributed by atoms with Crippen molar-refractivity contribution in [1.82, 2.24) is 5.32 Å². The Bertz CT molecular complexity index is 813. The van der Waals surface area contributed by atoms with E-state index in [-0.39, 0.29) is 48.3 Å². The zero-order chi connectivity index (χ0) is 23.1. The van der Waals surface area contributed by atoms with E-state index in [1.165, 1.54) is 12.7 Å². The van der Waals surface area contributed by atoms with Gasteiger partial charge in [0.25, 0.3) is 0 Å². The zero-order valence-electron chi connectivity index (χ0n) is 19.6. The summed E-state index contributed by atoms with van der Waals surface area (Å²) in [7, 11) is 1.38. The normalized spacial score (nSPS) is 39.3. The van der Waals surface area contributed by atoms with Gasteiger partial charge < -0.3 is 15.2 Å². The van der Waals surface area contributed by atoms with E-state index in [0.717, 1.165) is 12.0 Å². The number of carbonyl (C=O) groups excluding carboxylic acids is 3. The Morgan fingerprint density at radius 3 is 2.52 bits per heavy atom. The van der Waals surface area contributed by atoms with Crippen LogP contribution in [0, 0.1) is 29.1 Å². The second-order valence-electron chi connectivity index (χ2n) is 10.2. The maximum Gasteiger partial charge on any atom is 0.235 e. The number of aliphatic hydroxyl groups excluding tert-OH is 1. The molecule has 31 heavy (non-hydrogen) atoms. The third-order valence-electron chi connectivity index (χ3n) is 7.64. The first kappa shape index (κ1) is 23.9. The average Bonchev–Trinajstić information content (AvgIpc) is 2.98. The number of hydrogen-bond donors (Lipinski definition) is 2. The average molecular weight is 432 g/mol. The summed E-state index contributed by atoms with van der Waals surface area (Å²) in [5.74, 6) is -1.11. The molecule has 0 saturated carbocycles. The van der Waals surface area contributed by atoms with Crippen LogP contribution in [0.2, 0.25) is 0 Å². The fraction of sp³-hybridized carbons (Fsp3) is 0.720. The van der Waals surface area contributed by atoms with Crippen LogP contribution < -0.4 is 5.32 Å². The van der Waals surface area contributed by atoms with Gasteiger partial charge >= 0.3 is 0 Å². The number of ketones is 2. The van der Waals surface area contributed by atoms with Crippen LogP contribution in [0.4, 0.5) is 0 Å². The number of allylic oxidation sites excluding steroid dienone is 4. The molecule has 3 aliphatic rings. The van der Waals surface area contributed by atoms with Crippen molar-refractivity contribution in [1.29, 1.82) is 0 Å². The lowest BCUT2D eigenvalue weighted by molar-refractivity contribution is -0.150. The van der Waals surface area contributed by atoms with Gasteiger partial charge in [-0.25, -0.2) is 0 Å². The Morgan fingerprint density at radius 1 is 1.23 bits per heavy atom. The highest BCUT2D eigenvalue weighted by molar-refractivity contribution is 6.10. The van der Waals surface area contributed by atoms with E-state index in [0.29, 0.717) is 12.3 Å². The number of carbonyl (C=O) groups is 3. The Morgan fingerprint density at radius 2 is 1.90 bits per heavy atom. The monoisotopic (exact) mass is 431 g/mol. The van der Waals surface area contributed by atoms with Gasteiger partial charge in [-0.1, -0.05) is 44.1 Å². The highest BCUT2D eigenvalue weighted by Crippen LogP contribution is 2.55. The van der Waals surface area contributed by atoms with Crippen molar-refractivity contribution < 1.29 is 24.2 Å². The minimum absolute atomic E-state index is 0.0593. The Hall–Kier alpha value is -1.79. The van der Waals surface area contributed by atoms with E-state index in [9.17, 15) is 19.5 Å². The summed E-state index contributed by atoms with van der Waals surface area (Å²) >= 11 is 0. The number of amides is 1. The van der Waals surface area contributed by atoms with Gasteiger partial charge in [-0.05, 0) is 44.9 Å². The largest absolute Gasteiger partial charge is 0.385 e. The molecular weight excluding hydrogens is 394 g/mol. The van der Waals surface area contributed by atoms with E-state index >= 15 is 0 Å².